The van der Waals surface area contributed by atoms with Gasteiger partial charge in [-0.1, -0.05) is 41.4 Å². The molecular weight excluding hydrogens is 370 g/mol. The summed E-state index contributed by atoms with van der Waals surface area (Å²) < 4.78 is 27.2. The van der Waals surface area contributed by atoms with Crippen molar-refractivity contribution in [3.8, 4) is 0 Å². The second-order valence-corrected chi connectivity index (χ2v) is 7.72. The smallest absolute Gasteiger partial charge is 0.321 e. The minimum absolute atomic E-state index is 0.0283. The monoisotopic (exact) mass is 383 g/mol. The summed E-state index contributed by atoms with van der Waals surface area (Å²) in [5, 5.41) is 9.11. The number of carbonyl (C=O) groups is 1. The first-order valence-electron chi connectivity index (χ1n) is 5.83. The van der Waals surface area contributed by atoms with Crippen LogP contribution in [0.3, 0.4) is 0 Å². The second kappa shape index (κ2) is 6.89. The lowest BCUT2D eigenvalue weighted by Crippen LogP contribution is -2.41. The number of benzene rings is 1. The van der Waals surface area contributed by atoms with Gasteiger partial charge in [0, 0.05) is 4.47 Å². The van der Waals surface area contributed by atoms with Crippen LogP contribution in [0.4, 0.5) is 0 Å². The highest BCUT2D eigenvalue weighted by Gasteiger charge is 2.27. The molecule has 0 heterocycles. The first kappa shape index (κ1) is 17.4. The molecule has 5 nitrogen and oxygen atoms in total. The van der Waals surface area contributed by atoms with Crippen molar-refractivity contribution in [2.75, 3.05) is 0 Å². The zero-order chi connectivity index (χ0) is 15.5. The minimum atomic E-state index is -3.98. The lowest BCUT2D eigenvalue weighted by atomic mass is 10.1. The van der Waals surface area contributed by atoms with E-state index in [-0.39, 0.29) is 22.3 Å². The molecule has 0 amide bonds. The molecule has 0 aliphatic heterocycles. The van der Waals surface area contributed by atoms with Gasteiger partial charge in [-0.3, -0.25) is 4.79 Å². The van der Waals surface area contributed by atoms with Crippen LogP contribution in [0.25, 0.3) is 0 Å². The van der Waals surface area contributed by atoms with E-state index in [1.54, 1.807) is 0 Å². The Morgan fingerprint density at radius 2 is 2.05 bits per heavy atom. The second-order valence-electron chi connectivity index (χ2n) is 4.72. The molecule has 1 unspecified atom stereocenters. The fourth-order valence-corrected chi connectivity index (χ4v) is 3.85. The highest BCUT2D eigenvalue weighted by Crippen LogP contribution is 2.25. The van der Waals surface area contributed by atoms with Gasteiger partial charge in [-0.2, -0.15) is 4.72 Å². The molecule has 2 N–H and O–H groups in total. The third-order valence-corrected chi connectivity index (χ3v) is 4.93. The Morgan fingerprint density at radius 1 is 1.45 bits per heavy atom. The van der Waals surface area contributed by atoms with E-state index in [0.717, 1.165) is 0 Å². The Kier molecular flexibility index (Phi) is 6.00. The van der Waals surface area contributed by atoms with E-state index in [4.69, 9.17) is 16.7 Å². The van der Waals surface area contributed by atoms with E-state index in [1.807, 2.05) is 13.8 Å². The van der Waals surface area contributed by atoms with Crippen LogP contribution in [-0.2, 0) is 14.8 Å². The number of halogens is 2. The number of rotatable bonds is 6. The molecule has 0 aliphatic carbocycles. The standard InChI is InChI=1S/C12H15BrClNO4S/c1-7(2)5-10(12(16)17)15-20(18,19)11-4-3-8(13)6-9(11)14/h3-4,6-7,10,15H,5H2,1-2H3,(H,16,17). The van der Waals surface area contributed by atoms with E-state index in [9.17, 15) is 13.2 Å². The Labute approximate surface area is 131 Å². The van der Waals surface area contributed by atoms with Crippen molar-refractivity contribution >= 4 is 43.5 Å². The molecule has 0 aliphatic rings. The topological polar surface area (TPSA) is 83.5 Å². The SMILES string of the molecule is CC(C)CC(NS(=O)(=O)c1ccc(Br)cc1Cl)C(=O)O. The fourth-order valence-electron chi connectivity index (χ4n) is 1.61. The average Bonchev–Trinajstić information content (AvgIpc) is 2.26. The summed E-state index contributed by atoms with van der Waals surface area (Å²) in [5.74, 6) is -1.17. The van der Waals surface area contributed by atoms with Gasteiger partial charge in [0.25, 0.3) is 0 Å². The summed E-state index contributed by atoms with van der Waals surface area (Å²) in [7, 11) is -3.98. The largest absolute Gasteiger partial charge is 0.480 e. The summed E-state index contributed by atoms with van der Waals surface area (Å²) in [6.07, 6.45) is 0.197. The van der Waals surface area contributed by atoms with Crippen molar-refractivity contribution in [3.05, 3.63) is 27.7 Å². The third kappa shape index (κ3) is 4.73. The summed E-state index contributed by atoms with van der Waals surface area (Å²) >= 11 is 9.06. The van der Waals surface area contributed by atoms with Crippen LogP contribution >= 0.6 is 27.5 Å². The maximum atomic E-state index is 12.2. The summed E-state index contributed by atoms with van der Waals surface area (Å²) in [6, 6.07) is 3.11. The van der Waals surface area contributed by atoms with Crippen molar-refractivity contribution in [1.82, 2.24) is 4.72 Å². The van der Waals surface area contributed by atoms with Crippen LogP contribution in [0.2, 0.25) is 5.02 Å². The van der Waals surface area contributed by atoms with Crippen molar-refractivity contribution in [1.29, 1.82) is 0 Å². The molecule has 20 heavy (non-hydrogen) atoms. The van der Waals surface area contributed by atoms with E-state index < -0.39 is 22.0 Å². The van der Waals surface area contributed by atoms with Gasteiger partial charge < -0.3 is 5.11 Å². The predicted octanol–water partition coefficient (Wildman–Crippen LogP) is 2.88. The highest BCUT2D eigenvalue weighted by atomic mass is 79.9. The van der Waals surface area contributed by atoms with Crippen LogP contribution in [0.1, 0.15) is 20.3 Å². The van der Waals surface area contributed by atoms with Crippen molar-refractivity contribution in [3.63, 3.8) is 0 Å². The average molecular weight is 385 g/mol. The van der Waals surface area contributed by atoms with Crippen molar-refractivity contribution < 1.29 is 18.3 Å². The molecule has 0 spiro atoms. The first-order valence-corrected chi connectivity index (χ1v) is 8.49. The maximum Gasteiger partial charge on any atom is 0.321 e. The number of nitrogens with one attached hydrogen (secondary N) is 1. The normalized spacial score (nSPS) is 13.4. The molecule has 0 aromatic heterocycles. The summed E-state index contributed by atoms with van der Waals surface area (Å²) in [4.78, 5) is 11.0. The minimum Gasteiger partial charge on any atom is -0.480 e. The van der Waals surface area contributed by atoms with Gasteiger partial charge in [0.05, 0.1) is 5.02 Å². The maximum absolute atomic E-state index is 12.2. The van der Waals surface area contributed by atoms with E-state index in [1.165, 1.54) is 18.2 Å². The van der Waals surface area contributed by atoms with E-state index in [0.29, 0.717) is 4.47 Å². The molecule has 1 atom stereocenters. The Morgan fingerprint density at radius 3 is 2.50 bits per heavy atom. The van der Waals surface area contributed by atoms with Crippen LogP contribution in [-0.4, -0.2) is 25.5 Å². The quantitative estimate of drug-likeness (QED) is 0.790. The van der Waals surface area contributed by atoms with Gasteiger partial charge in [0.15, 0.2) is 0 Å². The molecular formula is C12H15BrClNO4S. The van der Waals surface area contributed by atoms with Crippen LogP contribution in [0, 0.1) is 5.92 Å². The molecule has 0 fully saturated rings. The number of hydrogen-bond acceptors (Lipinski definition) is 3. The number of aliphatic carboxylic acids is 1. The summed E-state index contributed by atoms with van der Waals surface area (Å²) in [6.45, 7) is 3.63. The lowest BCUT2D eigenvalue weighted by molar-refractivity contribution is -0.139. The van der Waals surface area contributed by atoms with Gasteiger partial charge in [-0.05, 0) is 30.5 Å². The lowest BCUT2D eigenvalue weighted by Gasteiger charge is -2.17. The van der Waals surface area contributed by atoms with Gasteiger partial charge in [0.2, 0.25) is 10.0 Å². The molecule has 1 aromatic carbocycles. The van der Waals surface area contributed by atoms with Gasteiger partial charge in [-0.15, -0.1) is 0 Å². The van der Waals surface area contributed by atoms with E-state index >= 15 is 0 Å². The third-order valence-electron chi connectivity index (χ3n) is 2.49. The molecule has 1 rings (SSSR count). The van der Waals surface area contributed by atoms with Crippen molar-refractivity contribution in [2.24, 2.45) is 5.92 Å². The van der Waals surface area contributed by atoms with Crippen LogP contribution in [0.5, 0.6) is 0 Å². The van der Waals surface area contributed by atoms with Gasteiger partial charge in [0.1, 0.15) is 10.9 Å². The molecule has 8 heteroatoms. The Bertz CT molecular complexity index is 603. The molecule has 1 aromatic rings. The van der Waals surface area contributed by atoms with E-state index in [2.05, 4.69) is 20.7 Å². The summed E-state index contributed by atoms with van der Waals surface area (Å²) in [5.41, 5.74) is 0. The fraction of sp³-hybridized carbons (Fsp3) is 0.417. The molecule has 0 bridgehead atoms. The number of hydrogen-bond donors (Lipinski definition) is 2. The Balaban J connectivity index is 3.06. The van der Waals surface area contributed by atoms with Crippen molar-refractivity contribution in [2.45, 2.75) is 31.2 Å². The van der Waals surface area contributed by atoms with Gasteiger partial charge in [-0.25, -0.2) is 8.42 Å². The number of sulfonamides is 1. The van der Waals surface area contributed by atoms with Crippen LogP contribution < -0.4 is 4.72 Å². The number of carboxylic acid groups (broad SMARTS) is 1. The van der Waals surface area contributed by atoms with Crippen LogP contribution in [0.15, 0.2) is 27.6 Å². The Hall–Kier alpha value is -0.630. The predicted molar refractivity (Wildman–Crippen MR) is 80.4 cm³/mol. The number of carboxylic acids is 1. The molecule has 0 saturated carbocycles. The first-order chi connectivity index (χ1) is 9.13. The van der Waals surface area contributed by atoms with Gasteiger partial charge >= 0.3 is 5.97 Å². The zero-order valence-corrected chi connectivity index (χ0v) is 14.1. The zero-order valence-electron chi connectivity index (χ0n) is 10.9. The highest BCUT2D eigenvalue weighted by molar-refractivity contribution is 9.10. The molecule has 112 valence electrons. The molecule has 0 radical (unpaired) electrons. The molecule has 0 saturated heterocycles.